The summed E-state index contributed by atoms with van der Waals surface area (Å²) in [4.78, 5) is 22.7. The Kier molecular flexibility index (Phi) is 14.8. The summed E-state index contributed by atoms with van der Waals surface area (Å²) < 4.78 is 9.37. The molecule has 20 aromatic rings. The lowest BCUT2D eigenvalue weighted by atomic mass is 10.00. The minimum atomic E-state index is 0.628. The van der Waals surface area contributed by atoms with E-state index in [1.807, 2.05) is 97.1 Å². The second-order valence-electron chi connectivity index (χ2n) is 26.0. The zero-order valence-corrected chi connectivity index (χ0v) is 56.1. The summed E-state index contributed by atoms with van der Waals surface area (Å²) in [5.74, 6) is 0.700. The molecule has 0 saturated heterocycles. The average Bonchev–Trinajstić information content (AvgIpc) is 1.55. The molecule has 104 heavy (non-hydrogen) atoms. The molecule has 0 amide bonds. The molecule has 0 N–H and O–H groups in total. The third kappa shape index (κ3) is 10.3. The third-order valence-corrected chi connectivity index (χ3v) is 20.1. The first-order valence-corrected chi connectivity index (χ1v) is 34.7. The molecule has 14 aromatic carbocycles. The van der Waals surface area contributed by atoms with E-state index in [0.717, 1.165) is 128 Å². The van der Waals surface area contributed by atoms with Gasteiger partial charge in [0.25, 0.3) is 0 Å². The second kappa shape index (κ2) is 25.3. The van der Waals surface area contributed by atoms with Gasteiger partial charge in [0.1, 0.15) is 0 Å². The largest absolute Gasteiger partial charge is 0.319 e. The summed E-state index contributed by atoms with van der Waals surface area (Å²) in [7, 11) is 0. The molecule has 0 spiro atoms. The molecule has 0 bridgehead atoms. The molecular weight excluding hydrogens is 1270 g/mol. The summed E-state index contributed by atoms with van der Waals surface area (Å²) in [5.41, 5.74) is 25.5. The van der Waals surface area contributed by atoms with Gasteiger partial charge in [-0.15, -0.1) is 0 Å². The van der Waals surface area contributed by atoms with Crippen LogP contribution in [-0.4, -0.2) is 33.2 Å². The monoisotopic (exact) mass is 1330 g/mol. The predicted octanol–water partition coefficient (Wildman–Crippen LogP) is 25.1. The van der Waals surface area contributed by atoms with Crippen molar-refractivity contribution in [1.29, 1.82) is 0 Å². The van der Waals surface area contributed by atoms with Crippen LogP contribution in [0.25, 0.3) is 187 Å². The number of nitrogens with zero attached hydrogens (tertiary/aromatic N) is 9. The minimum Gasteiger partial charge on any atom is -0.319 e. The molecule has 0 aliphatic heterocycles. The normalized spacial score (nSPS) is 11.4. The summed E-state index contributed by atoms with van der Waals surface area (Å²) in [6, 6.07) is 125. The van der Waals surface area contributed by atoms with E-state index in [1.165, 1.54) is 43.2 Å². The van der Waals surface area contributed by atoms with Gasteiger partial charge in [0.15, 0.2) is 11.5 Å². The number of benzene rings is 14. The molecule has 484 valence electrons. The maximum atomic E-state index is 7.95. The van der Waals surface area contributed by atoms with Crippen LogP contribution < -0.4 is 0 Å². The van der Waals surface area contributed by atoms with E-state index < -0.39 is 0 Å². The van der Waals surface area contributed by atoms with Crippen LogP contribution in [0.2, 0.25) is 0 Å². The van der Waals surface area contributed by atoms with Crippen LogP contribution in [-0.2, 0) is 0 Å². The minimum absolute atomic E-state index is 0.628. The Morgan fingerprint density at radius 1 is 0.231 bits per heavy atom. The second-order valence-corrected chi connectivity index (χ2v) is 26.0. The summed E-state index contributed by atoms with van der Waals surface area (Å²) in [6.45, 7) is 15.4. The van der Waals surface area contributed by atoms with Crippen molar-refractivity contribution >= 4 is 98.6 Å². The van der Waals surface area contributed by atoms with Crippen LogP contribution in [0.15, 0.2) is 358 Å². The van der Waals surface area contributed by atoms with Crippen molar-refractivity contribution < 1.29 is 0 Å². The van der Waals surface area contributed by atoms with Crippen LogP contribution in [0.4, 0.5) is 11.4 Å². The number of hydrogen-bond acceptors (Lipinski definition) is 3. The van der Waals surface area contributed by atoms with Crippen molar-refractivity contribution in [3.8, 4) is 90.3 Å². The van der Waals surface area contributed by atoms with Crippen LogP contribution in [0.5, 0.6) is 0 Å². The van der Waals surface area contributed by atoms with Crippen molar-refractivity contribution in [2.75, 3.05) is 0 Å². The fourth-order valence-corrected chi connectivity index (χ4v) is 15.4. The lowest BCUT2D eigenvalue weighted by Gasteiger charge is -2.13. The van der Waals surface area contributed by atoms with E-state index in [1.54, 1.807) is 0 Å². The highest BCUT2D eigenvalue weighted by atomic mass is 15.0. The predicted molar refractivity (Wildman–Crippen MR) is 429 cm³/mol. The molecule has 0 atom stereocenters. The SMILES string of the molecule is [C-]#[N+]c1ccc(-n2c3ccccc3c3c2ccc2c4ccccc4n(-c4ccc(-c5cc(-c6ccccc6)nc(-c6ccccc6)n5)cc4)c23)cc1.[C-]#[N+]c1ccccc1-n1c2ccccc2c2c1ccc1c3ccccc3n(-c3ccc(-c4cc(-c5ccccc5)nc(-c5ccccc5)c4)cc3)c12. The first-order valence-electron chi connectivity index (χ1n) is 34.7. The van der Waals surface area contributed by atoms with Crippen molar-refractivity contribution in [3.63, 3.8) is 0 Å². The van der Waals surface area contributed by atoms with Gasteiger partial charge in [-0.2, -0.15) is 0 Å². The molecule has 9 heteroatoms. The lowest BCUT2D eigenvalue weighted by Crippen LogP contribution is -1.97. The standard InChI is InChI=1S/C48H30N4.C47H29N5/c1-49-40-20-10-13-23-45(40)52-44-22-12-9-19-39(44)47-46(52)29-28-38-37-18-8-11-21-43(37)51(48(38)47)36-26-24-32(25-27-36)35-30-41(33-14-4-2-5-15-33)50-42(31-35)34-16-6-3-7-17-34;1-48-34-22-26-35(27-23-34)51-43-19-11-9-17-39(43)45-44(51)29-28-38-37-16-8-10-18-42(37)52(46(38)45)36-24-20-32(21-25-36)41-30-40(31-12-4-2-5-13-31)49-47(50-41)33-14-6-3-7-15-33/h2-31H;2-30H. The summed E-state index contributed by atoms with van der Waals surface area (Å²) in [5, 5.41) is 9.51. The van der Waals surface area contributed by atoms with Gasteiger partial charge in [-0.05, 0) is 108 Å². The van der Waals surface area contributed by atoms with E-state index in [9.17, 15) is 0 Å². The van der Waals surface area contributed by atoms with E-state index in [2.05, 4.69) is 289 Å². The zero-order chi connectivity index (χ0) is 69.2. The number of fused-ring (bicyclic) bond motifs is 14. The van der Waals surface area contributed by atoms with Gasteiger partial charge in [0.05, 0.1) is 85.7 Å². The van der Waals surface area contributed by atoms with Gasteiger partial charge in [0, 0.05) is 88.0 Å². The van der Waals surface area contributed by atoms with Gasteiger partial charge >= 0.3 is 0 Å². The first kappa shape index (κ1) is 60.6. The fourth-order valence-electron chi connectivity index (χ4n) is 15.4. The van der Waals surface area contributed by atoms with Crippen molar-refractivity contribution in [2.45, 2.75) is 0 Å². The first-order chi connectivity index (χ1) is 51.5. The maximum absolute atomic E-state index is 7.95. The summed E-state index contributed by atoms with van der Waals surface area (Å²) in [6.07, 6.45) is 0. The highest BCUT2D eigenvalue weighted by molar-refractivity contribution is 6.28. The molecular formula is C95H59N9. The molecule has 0 saturated carbocycles. The van der Waals surface area contributed by atoms with Crippen LogP contribution in [0.1, 0.15) is 0 Å². The number of aromatic nitrogens is 7. The number of rotatable bonds is 10. The molecule has 0 unspecified atom stereocenters. The Balaban J connectivity index is 0.000000143. The quantitative estimate of drug-likeness (QED) is 0.128. The third-order valence-electron chi connectivity index (χ3n) is 20.1. The number of pyridine rings is 1. The van der Waals surface area contributed by atoms with Gasteiger partial charge in [0.2, 0.25) is 5.69 Å². The van der Waals surface area contributed by atoms with Gasteiger partial charge in [-0.3, -0.25) is 0 Å². The molecule has 20 rings (SSSR count). The lowest BCUT2D eigenvalue weighted by molar-refractivity contribution is 1.17. The Morgan fingerprint density at radius 2 is 0.596 bits per heavy atom. The van der Waals surface area contributed by atoms with Crippen molar-refractivity contribution in [1.82, 2.24) is 33.2 Å². The Labute approximate surface area is 599 Å². The highest BCUT2D eigenvalue weighted by Crippen LogP contribution is 2.46. The van der Waals surface area contributed by atoms with E-state index in [-0.39, 0.29) is 0 Å². The molecule has 0 fully saturated rings. The highest BCUT2D eigenvalue weighted by Gasteiger charge is 2.24. The number of hydrogen-bond donors (Lipinski definition) is 0. The van der Waals surface area contributed by atoms with Crippen LogP contribution in [0.3, 0.4) is 0 Å². The Bertz CT molecular complexity index is 6700. The smallest absolute Gasteiger partial charge is 0.210 e. The molecule has 6 heterocycles. The fraction of sp³-hybridized carbons (Fsp3) is 0. The topological polar surface area (TPSA) is 67.1 Å². The number of para-hydroxylation sites is 6. The van der Waals surface area contributed by atoms with E-state index in [0.29, 0.717) is 17.2 Å². The average molecular weight is 1330 g/mol. The molecule has 0 radical (unpaired) electrons. The maximum Gasteiger partial charge on any atom is 0.210 e. The van der Waals surface area contributed by atoms with Gasteiger partial charge in [-0.1, -0.05) is 261 Å². The van der Waals surface area contributed by atoms with E-state index >= 15 is 0 Å². The van der Waals surface area contributed by atoms with E-state index in [4.69, 9.17) is 28.1 Å². The summed E-state index contributed by atoms with van der Waals surface area (Å²) >= 11 is 0. The molecule has 0 aliphatic carbocycles. The molecule has 9 nitrogen and oxygen atoms in total. The Hall–Kier alpha value is -14.5. The van der Waals surface area contributed by atoms with Gasteiger partial charge < -0.3 is 18.3 Å². The Morgan fingerprint density at radius 3 is 1.08 bits per heavy atom. The van der Waals surface area contributed by atoms with Crippen LogP contribution in [0, 0.1) is 13.1 Å². The van der Waals surface area contributed by atoms with Gasteiger partial charge in [-0.25, -0.2) is 24.6 Å². The molecule has 0 aliphatic rings. The van der Waals surface area contributed by atoms with Crippen molar-refractivity contribution in [2.24, 2.45) is 0 Å². The van der Waals surface area contributed by atoms with Crippen LogP contribution >= 0.6 is 0 Å². The molecule has 6 aromatic heterocycles. The zero-order valence-electron chi connectivity index (χ0n) is 56.1. The van der Waals surface area contributed by atoms with Crippen molar-refractivity contribution in [3.05, 3.63) is 381 Å².